The summed E-state index contributed by atoms with van der Waals surface area (Å²) in [6.45, 7) is 7.48. The molecule has 25 heavy (non-hydrogen) atoms. The summed E-state index contributed by atoms with van der Waals surface area (Å²) in [5.41, 5.74) is 0.875. The van der Waals surface area contributed by atoms with Gasteiger partial charge in [-0.05, 0) is 26.0 Å². The average molecular weight is 424 g/mol. The van der Waals surface area contributed by atoms with Crippen LogP contribution in [0.25, 0.3) is 11.4 Å². The Morgan fingerprint density at radius 3 is 2.60 bits per heavy atom. The highest BCUT2D eigenvalue weighted by Gasteiger charge is 2.29. The number of ketones is 1. The number of thioether (sulfide) groups is 1. The molecule has 8 heteroatoms. The van der Waals surface area contributed by atoms with Gasteiger partial charge in [-0.25, -0.2) is 0 Å². The Balaban J connectivity index is 2.37. The maximum atomic E-state index is 12.0. The Morgan fingerprint density at radius 2 is 2.04 bits per heavy atom. The molecular weight excluding hydrogens is 406 g/mol. The van der Waals surface area contributed by atoms with E-state index in [1.807, 2.05) is 28.8 Å². The van der Waals surface area contributed by atoms with Crippen molar-refractivity contribution in [2.45, 2.75) is 30.8 Å². The maximum Gasteiger partial charge on any atom is 0.327 e. The molecule has 0 aliphatic carbocycles. The Kier molecular flexibility index (Phi) is 6.95. The van der Waals surface area contributed by atoms with E-state index in [0.717, 1.165) is 21.8 Å². The lowest BCUT2D eigenvalue weighted by Gasteiger charge is -2.13. The van der Waals surface area contributed by atoms with Crippen molar-refractivity contribution >= 4 is 39.4 Å². The first-order valence-corrected chi connectivity index (χ1v) is 9.29. The van der Waals surface area contributed by atoms with Crippen LogP contribution in [0.4, 0.5) is 0 Å². The lowest BCUT2D eigenvalue weighted by molar-refractivity contribution is -0.144. The molecule has 0 aliphatic heterocycles. The van der Waals surface area contributed by atoms with Crippen molar-refractivity contribution in [2.24, 2.45) is 0 Å². The number of halogens is 1. The van der Waals surface area contributed by atoms with E-state index in [4.69, 9.17) is 4.74 Å². The number of benzene rings is 1. The number of hydrogen-bond donors (Lipinski definition) is 0. The molecule has 1 atom stereocenters. The van der Waals surface area contributed by atoms with Crippen LogP contribution in [0.1, 0.15) is 13.8 Å². The molecular formula is C17H18BrN3O3S. The van der Waals surface area contributed by atoms with E-state index in [-0.39, 0.29) is 12.4 Å². The van der Waals surface area contributed by atoms with Gasteiger partial charge in [-0.15, -0.1) is 16.8 Å². The molecule has 0 N–H and O–H groups in total. The van der Waals surface area contributed by atoms with Gasteiger partial charge in [0.15, 0.2) is 22.0 Å². The molecule has 1 unspecified atom stereocenters. The van der Waals surface area contributed by atoms with Gasteiger partial charge >= 0.3 is 5.97 Å². The molecule has 0 saturated carbocycles. The van der Waals surface area contributed by atoms with Crippen molar-refractivity contribution in [3.8, 4) is 11.4 Å². The molecule has 0 amide bonds. The van der Waals surface area contributed by atoms with Gasteiger partial charge in [-0.3, -0.25) is 14.2 Å². The van der Waals surface area contributed by atoms with Gasteiger partial charge in [0.05, 0.1) is 6.61 Å². The largest absolute Gasteiger partial charge is 0.465 e. The van der Waals surface area contributed by atoms with Crippen LogP contribution in [0.15, 0.2) is 46.5 Å². The van der Waals surface area contributed by atoms with E-state index in [0.29, 0.717) is 17.5 Å². The van der Waals surface area contributed by atoms with Crippen molar-refractivity contribution < 1.29 is 14.3 Å². The summed E-state index contributed by atoms with van der Waals surface area (Å²) in [6, 6.07) is 7.64. The first-order chi connectivity index (χ1) is 12.0. The van der Waals surface area contributed by atoms with Crippen LogP contribution in [0.2, 0.25) is 0 Å². The fourth-order valence-electron chi connectivity index (χ4n) is 2.10. The van der Waals surface area contributed by atoms with Gasteiger partial charge in [-0.2, -0.15) is 0 Å². The second kappa shape index (κ2) is 8.96. The number of nitrogens with zero attached hydrogens (tertiary/aromatic N) is 3. The Labute approximate surface area is 158 Å². The van der Waals surface area contributed by atoms with Gasteiger partial charge in [0.2, 0.25) is 0 Å². The summed E-state index contributed by atoms with van der Waals surface area (Å²) in [5, 5.41) is 7.87. The van der Waals surface area contributed by atoms with Gasteiger partial charge < -0.3 is 4.74 Å². The number of carbonyl (C=O) groups is 2. The molecule has 132 valence electrons. The van der Waals surface area contributed by atoms with E-state index < -0.39 is 11.2 Å². The minimum Gasteiger partial charge on any atom is -0.465 e. The highest BCUT2D eigenvalue weighted by atomic mass is 79.9. The molecule has 1 heterocycles. The number of allylic oxidation sites excluding steroid dienone is 1. The lowest BCUT2D eigenvalue weighted by Crippen LogP contribution is -2.27. The number of hydrogen-bond acceptors (Lipinski definition) is 6. The molecule has 0 saturated heterocycles. The highest BCUT2D eigenvalue weighted by molar-refractivity contribution is 9.10. The Morgan fingerprint density at radius 1 is 1.36 bits per heavy atom. The predicted octanol–water partition coefficient (Wildman–Crippen LogP) is 3.51. The summed E-state index contributed by atoms with van der Waals surface area (Å²) in [7, 11) is 0. The summed E-state index contributed by atoms with van der Waals surface area (Å²) < 4.78 is 7.75. The van der Waals surface area contributed by atoms with E-state index in [9.17, 15) is 9.59 Å². The smallest absolute Gasteiger partial charge is 0.327 e. The summed E-state index contributed by atoms with van der Waals surface area (Å²) >= 11 is 4.44. The van der Waals surface area contributed by atoms with E-state index in [1.165, 1.54) is 6.92 Å². The van der Waals surface area contributed by atoms with Crippen molar-refractivity contribution in [3.63, 3.8) is 0 Å². The molecule has 2 aromatic rings. The van der Waals surface area contributed by atoms with Crippen LogP contribution in [0.5, 0.6) is 0 Å². The van der Waals surface area contributed by atoms with Crippen LogP contribution < -0.4 is 0 Å². The molecule has 6 nitrogen and oxygen atoms in total. The molecule has 1 aromatic carbocycles. The van der Waals surface area contributed by atoms with Crippen LogP contribution in [-0.2, 0) is 20.9 Å². The van der Waals surface area contributed by atoms with Crippen molar-refractivity contribution in [1.82, 2.24) is 14.8 Å². The molecule has 0 fully saturated rings. The van der Waals surface area contributed by atoms with E-state index in [1.54, 1.807) is 13.0 Å². The molecule has 2 rings (SSSR count). The topological polar surface area (TPSA) is 74.1 Å². The number of rotatable bonds is 8. The van der Waals surface area contributed by atoms with Crippen LogP contribution in [-0.4, -0.2) is 38.4 Å². The molecule has 0 bridgehead atoms. The monoisotopic (exact) mass is 423 g/mol. The zero-order chi connectivity index (χ0) is 18.4. The third-order valence-electron chi connectivity index (χ3n) is 3.22. The predicted molar refractivity (Wildman–Crippen MR) is 100 cm³/mol. The number of esters is 1. The normalized spacial score (nSPS) is 11.8. The van der Waals surface area contributed by atoms with E-state index in [2.05, 4.69) is 32.7 Å². The van der Waals surface area contributed by atoms with Crippen LogP contribution >= 0.6 is 27.7 Å². The quantitative estimate of drug-likeness (QED) is 0.280. The first kappa shape index (κ1) is 19.4. The summed E-state index contributed by atoms with van der Waals surface area (Å²) in [4.78, 5) is 23.9. The fraction of sp³-hybridized carbons (Fsp3) is 0.294. The fourth-order valence-corrected chi connectivity index (χ4v) is 3.28. The second-order valence-electron chi connectivity index (χ2n) is 5.07. The maximum absolute atomic E-state index is 12.0. The Hall–Kier alpha value is -1.93. The second-order valence-corrected chi connectivity index (χ2v) is 7.06. The summed E-state index contributed by atoms with van der Waals surface area (Å²) in [6.07, 6.45) is 1.71. The van der Waals surface area contributed by atoms with Crippen molar-refractivity contribution in [1.29, 1.82) is 0 Å². The van der Waals surface area contributed by atoms with Crippen LogP contribution in [0.3, 0.4) is 0 Å². The van der Waals surface area contributed by atoms with Gasteiger partial charge in [0, 0.05) is 16.6 Å². The Bertz CT molecular complexity index is 774. The zero-order valence-electron chi connectivity index (χ0n) is 13.9. The number of carbonyl (C=O) groups excluding carboxylic acids is 2. The summed E-state index contributed by atoms with van der Waals surface area (Å²) in [5.74, 6) is -0.221. The molecule has 0 spiro atoms. The SMILES string of the molecule is C=CCn1c(SC(C(C)=O)C(=O)OCC)nnc1-c1ccc(Br)cc1. The molecule has 0 radical (unpaired) electrons. The van der Waals surface area contributed by atoms with Crippen LogP contribution in [0, 0.1) is 0 Å². The van der Waals surface area contributed by atoms with E-state index >= 15 is 0 Å². The zero-order valence-corrected chi connectivity index (χ0v) is 16.3. The minimum absolute atomic E-state index is 0.215. The number of Topliss-reactive ketones (excluding diaryl/α,β-unsaturated/α-hetero) is 1. The number of aromatic nitrogens is 3. The number of ether oxygens (including phenoxy) is 1. The third-order valence-corrected chi connectivity index (χ3v) is 5.03. The van der Waals surface area contributed by atoms with Crippen molar-refractivity contribution in [2.75, 3.05) is 6.61 Å². The van der Waals surface area contributed by atoms with Gasteiger partial charge in [0.25, 0.3) is 0 Å². The standard InChI is InChI=1S/C17H18BrN3O3S/c1-4-10-21-15(12-6-8-13(18)9-7-12)19-20-17(21)25-14(11(3)22)16(23)24-5-2/h4,6-9,14H,1,5,10H2,2-3H3. The first-order valence-electron chi connectivity index (χ1n) is 7.61. The lowest BCUT2D eigenvalue weighted by atomic mass is 10.2. The average Bonchev–Trinajstić information content (AvgIpc) is 2.96. The highest BCUT2D eigenvalue weighted by Crippen LogP contribution is 2.28. The van der Waals surface area contributed by atoms with Gasteiger partial charge in [0.1, 0.15) is 0 Å². The van der Waals surface area contributed by atoms with Crippen molar-refractivity contribution in [3.05, 3.63) is 41.4 Å². The third kappa shape index (κ3) is 4.79. The van der Waals surface area contributed by atoms with Gasteiger partial charge in [-0.1, -0.05) is 45.9 Å². The molecule has 1 aromatic heterocycles. The molecule has 0 aliphatic rings. The minimum atomic E-state index is -0.967.